The van der Waals surface area contributed by atoms with Gasteiger partial charge in [0.1, 0.15) is 6.54 Å². The van der Waals surface area contributed by atoms with Crippen LogP contribution < -0.4 is 11.2 Å². The number of nitrogens with one attached hydrogen (secondary N) is 2. The van der Waals surface area contributed by atoms with Crippen molar-refractivity contribution in [2.75, 3.05) is 25.0 Å². The van der Waals surface area contributed by atoms with Crippen LogP contribution in [-0.4, -0.2) is 69.0 Å². The fourth-order valence-electron chi connectivity index (χ4n) is 4.65. The second kappa shape index (κ2) is 11.1. The number of benzene rings is 1. The van der Waals surface area contributed by atoms with E-state index in [2.05, 4.69) is 39.7 Å². The Labute approximate surface area is 212 Å². The van der Waals surface area contributed by atoms with E-state index in [0.717, 1.165) is 30.3 Å². The molecule has 4 N–H and O–H groups in total. The summed E-state index contributed by atoms with van der Waals surface area (Å²) in [7, 11) is 0. The summed E-state index contributed by atoms with van der Waals surface area (Å²) in [5, 5.41) is 16.1. The van der Waals surface area contributed by atoms with E-state index in [4.69, 9.17) is 21.1 Å². The van der Waals surface area contributed by atoms with Gasteiger partial charge in [-0.15, -0.1) is 0 Å². The van der Waals surface area contributed by atoms with Crippen LogP contribution in [0.1, 0.15) is 49.6 Å². The lowest BCUT2D eigenvalue weighted by molar-refractivity contribution is -0.228. The number of hydrogen-bond acceptors (Lipinski definition) is 9. The summed E-state index contributed by atoms with van der Waals surface area (Å²) in [6.45, 7) is 7.38. The molecule has 0 radical (unpaired) electrons. The summed E-state index contributed by atoms with van der Waals surface area (Å²) in [5.74, 6) is 5.94. The lowest BCUT2D eigenvalue weighted by atomic mass is 10.1. The molecule has 192 valence electrons. The molecule has 10 nitrogen and oxygen atoms in total. The number of anilines is 1. The number of amides is 1. The van der Waals surface area contributed by atoms with Crippen LogP contribution in [0, 0.1) is 5.41 Å². The van der Waals surface area contributed by atoms with Gasteiger partial charge >= 0.3 is 0 Å². The van der Waals surface area contributed by atoms with E-state index in [-0.39, 0.29) is 12.5 Å². The molecule has 4 rings (SSSR count). The third kappa shape index (κ3) is 6.64. The van der Waals surface area contributed by atoms with E-state index in [0.29, 0.717) is 50.2 Å². The highest BCUT2D eigenvalue weighted by atomic mass is 16.7. The highest BCUT2D eigenvalue weighted by Crippen LogP contribution is 2.24. The van der Waals surface area contributed by atoms with Crippen molar-refractivity contribution >= 4 is 23.8 Å². The van der Waals surface area contributed by atoms with Crippen LogP contribution in [0.2, 0.25) is 0 Å². The minimum atomic E-state index is -0.461. The highest BCUT2D eigenvalue weighted by molar-refractivity contribution is 6.29. The van der Waals surface area contributed by atoms with E-state index in [1.165, 1.54) is 11.1 Å². The number of fused-ring (bicyclic) bond motifs is 2. The van der Waals surface area contributed by atoms with Crippen molar-refractivity contribution in [1.29, 1.82) is 5.41 Å². The predicted octanol–water partition coefficient (Wildman–Crippen LogP) is 2.33. The van der Waals surface area contributed by atoms with Gasteiger partial charge in [-0.1, -0.05) is 24.3 Å². The highest BCUT2D eigenvalue weighted by Gasteiger charge is 2.27. The standard InChI is InChI=1S/C26H36N8O2/c1-26(2,3)36-34(11-8-21(14-27)32-28)17-24(35)33-10-9-23-20(16-33)15-29-25(31-23)30-22-12-18-6-4-5-7-19(18)13-22/h4-7,14-15,22,27H,8-13,16-17,28H2,1-3H3,(H,29,30,31)/b27-14?,32-21-. The lowest BCUT2D eigenvalue weighted by Gasteiger charge is -2.33. The number of hydrogen-bond donors (Lipinski definition) is 3. The third-order valence-corrected chi connectivity index (χ3v) is 6.34. The van der Waals surface area contributed by atoms with Gasteiger partial charge in [0.05, 0.1) is 17.0 Å². The van der Waals surface area contributed by atoms with Crippen LogP contribution in [-0.2, 0) is 35.4 Å². The van der Waals surface area contributed by atoms with Gasteiger partial charge in [0.15, 0.2) is 0 Å². The number of nitrogens with zero attached hydrogens (tertiary/aromatic N) is 5. The minimum absolute atomic E-state index is 0.0306. The molecule has 0 saturated heterocycles. The van der Waals surface area contributed by atoms with Crippen LogP contribution in [0.3, 0.4) is 0 Å². The van der Waals surface area contributed by atoms with Gasteiger partial charge in [0.2, 0.25) is 11.9 Å². The number of hydrazone groups is 1. The zero-order chi connectivity index (χ0) is 25.7. The van der Waals surface area contributed by atoms with E-state index in [1.54, 1.807) is 5.06 Å². The van der Waals surface area contributed by atoms with E-state index >= 15 is 0 Å². The Balaban J connectivity index is 1.35. The molecule has 1 aliphatic carbocycles. The molecule has 0 spiro atoms. The molecule has 0 atom stereocenters. The monoisotopic (exact) mass is 492 g/mol. The number of nitrogens with two attached hydrogens (primary N) is 1. The fourth-order valence-corrected chi connectivity index (χ4v) is 4.65. The number of hydroxylamine groups is 2. The van der Waals surface area contributed by atoms with Crippen LogP contribution in [0.25, 0.3) is 0 Å². The minimum Gasteiger partial charge on any atom is -0.351 e. The normalized spacial score (nSPS) is 16.1. The number of carbonyl (C=O) groups excluding carboxylic acids is 1. The van der Waals surface area contributed by atoms with Crippen molar-refractivity contribution in [3.05, 3.63) is 52.8 Å². The van der Waals surface area contributed by atoms with E-state index < -0.39 is 5.60 Å². The zero-order valence-corrected chi connectivity index (χ0v) is 21.3. The average Bonchev–Trinajstić information content (AvgIpc) is 3.25. The van der Waals surface area contributed by atoms with E-state index in [1.807, 2.05) is 31.9 Å². The van der Waals surface area contributed by atoms with Crippen molar-refractivity contribution in [2.45, 2.75) is 64.6 Å². The maximum absolute atomic E-state index is 13.1. The summed E-state index contributed by atoms with van der Waals surface area (Å²) in [6.07, 6.45) is 6.01. The van der Waals surface area contributed by atoms with Crippen LogP contribution >= 0.6 is 0 Å². The maximum atomic E-state index is 13.1. The molecule has 1 amide bonds. The van der Waals surface area contributed by atoms with Gasteiger partial charge in [-0.3, -0.25) is 9.63 Å². The number of rotatable bonds is 9. The summed E-state index contributed by atoms with van der Waals surface area (Å²) in [6, 6.07) is 8.83. The fraction of sp³-hybridized carbons (Fsp3) is 0.500. The van der Waals surface area contributed by atoms with Crippen LogP contribution in [0.15, 0.2) is 35.6 Å². The quantitative estimate of drug-likeness (QED) is 0.278. The number of carbonyl (C=O) groups is 1. The van der Waals surface area contributed by atoms with Gasteiger partial charge in [0, 0.05) is 56.5 Å². The first-order chi connectivity index (χ1) is 17.2. The molecule has 36 heavy (non-hydrogen) atoms. The Morgan fingerprint density at radius 3 is 2.67 bits per heavy atom. The average molecular weight is 493 g/mol. The zero-order valence-electron chi connectivity index (χ0n) is 21.3. The first-order valence-corrected chi connectivity index (χ1v) is 12.4. The van der Waals surface area contributed by atoms with Gasteiger partial charge < -0.3 is 21.5 Å². The Hall–Kier alpha value is -3.37. The van der Waals surface area contributed by atoms with Gasteiger partial charge in [0.25, 0.3) is 0 Å². The van der Waals surface area contributed by atoms with Crippen molar-refractivity contribution in [3.8, 4) is 0 Å². The SMILES string of the molecule is CC(C)(C)ON(CC/C(C=N)=N/N)CC(=O)N1CCc2nc(NC3Cc4ccccc4C3)ncc2C1. The lowest BCUT2D eigenvalue weighted by Crippen LogP contribution is -2.45. The molecule has 2 aliphatic rings. The molecule has 1 aromatic heterocycles. The van der Waals surface area contributed by atoms with Crippen LogP contribution in [0.5, 0.6) is 0 Å². The second-order valence-electron chi connectivity index (χ2n) is 10.3. The Bertz CT molecular complexity index is 1100. The van der Waals surface area contributed by atoms with E-state index in [9.17, 15) is 4.79 Å². The molecular formula is C26H36N8O2. The molecule has 0 saturated carbocycles. The molecule has 1 aromatic carbocycles. The Morgan fingerprint density at radius 1 is 1.31 bits per heavy atom. The van der Waals surface area contributed by atoms with Crippen LogP contribution in [0.4, 0.5) is 5.95 Å². The molecular weight excluding hydrogens is 456 g/mol. The first-order valence-electron chi connectivity index (χ1n) is 12.4. The van der Waals surface area contributed by atoms with Crippen molar-refractivity contribution in [2.24, 2.45) is 10.9 Å². The molecule has 2 aromatic rings. The topological polar surface area (TPSA) is 133 Å². The van der Waals surface area contributed by atoms with Gasteiger partial charge in [-0.2, -0.15) is 10.2 Å². The molecule has 0 fully saturated rings. The molecule has 2 heterocycles. The Kier molecular flexibility index (Phi) is 7.95. The largest absolute Gasteiger partial charge is 0.351 e. The van der Waals surface area contributed by atoms with Crippen molar-refractivity contribution in [1.82, 2.24) is 19.9 Å². The summed E-state index contributed by atoms with van der Waals surface area (Å²) < 4.78 is 0. The van der Waals surface area contributed by atoms with Crippen molar-refractivity contribution in [3.63, 3.8) is 0 Å². The van der Waals surface area contributed by atoms with Gasteiger partial charge in [-0.25, -0.2) is 9.97 Å². The molecule has 1 aliphatic heterocycles. The van der Waals surface area contributed by atoms with Gasteiger partial charge in [-0.05, 0) is 44.7 Å². The van der Waals surface area contributed by atoms with Crippen molar-refractivity contribution < 1.29 is 9.63 Å². The number of aromatic nitrogens is 2. The maximum Gasteiger partial charge on any atom is 0.239 e. The first kappa shape index (κ1) is 25.7. The Morgan fingerprint density at radius 2 is 2.03 bits per heavy atom. The summed E-state index contributed by atoms with van der Waals surface area (Å²) in [4.78, 5) is 30.3. The summed E-state index contributed by atoms with van der Waals surface area (Å²) >= 11 is 0. The predicted molar refractivity (Wildman–Crippen MR) is 140 cm³/mol. The smallest absolute Gasteiger partial charge is 0.239 e. The second-order valence-corrected chi connectivity index (χ2v) is 10.3. The molecule has 10 heteroatoms. The molecule has 0 bridgehead atoms. The molecule has 0 unspecified atom stereocenters. The third-order valence-electron chi connectivity index (χ3n) is 6.34. The summed E-state index contributed by atoms with van der Waals surface area (Å²) in [5.41, 5.74) is 4.72.